The van der Waals surface area contributed by atoms with Crippen LogP contribution in [0.25, 0.3) is 0 Å². The van der Waals surface area contributed by atoms with Gasteiger partial charge in [0.1, 0.15) is 0 Å². The number of nitrogens with two attached hydrogens (primary N) is 2. The van der Waals surface area contributed by atoms with Crippen LogP contribution in [-0.2, 0) is 18.7 Å². The van der Waals surface area contributed by atoms with Crippen LogP contribution in [0.3, 0.4) is 0 Å². The molecule has 0 aliphatic rings. The third kappa shape index (κ3) is 6.77. The number of carbonyl (C=O) groups excluding carboxylic acids is 2. The van der Waals surface area contributed by atoms with Crippen LogP contribution < -0.4 is 22.1 Å². The monoisotopic (exact) mass is 438 g/mol. The topological polar surface area (TPSA) is 225 Å². The van der Waals surface area contributed by atoms with Crippen LogP contribution in [0.4, 0.5) is 0 Å². The summed E-state index contributed by atoms with van der Waals surface area (Å²) in [5.41, 5.74) is 10.7. The zero-order valence-electron chi connectivity index (χ0n) is 15.1. The molecule has 0 saturated heterocycles. The molecule has 0 fully saturated rings. The van der Waals surface area contributed by atoms with E-state index in [1.165, 1.54) is 38.1 Å². The number of hydrogen-bond acceptors (Lipinski definition) is 6. The summed E-state index contributed by atoms with van der Waals surface area (Å²) in [6, 6.07) is 2.65. The molecule has 2 unspecified atom stereocenters. The van der Waals surface area contributed by atoms with Gasteiger partial charge in [-0.05, 0) is 25.0 Å². The minimum atomic E-state index is -4.83. The Hall–Kier alpha value is -1.62. The normalized spacial score (nSPS) is 16.6. The van der Waals surface area contributed by atoms with E-state index in [0.717, 1.165) is 0 Å². The number of hydrogen-bond donors (Lipinski definition) is 8. The maximum absolute atomic E-state index is 11.7. The van der Waals surface area contributed by atoms with E-state index in [1.54, 1.807) is 0 Å². The molecule has 0 saturated carbocycles. The molecule has 14 heteroatoms. The highest BCUT2D eigenvalue weighted by atomic mass is 31.2. The fraction of sp³-hybridized carbons (Fsp3) is 0.429. The summed E-state index contributed by atoms with van der Waals surface area (Å²) in [6.07, 6.45) is 0. The van der Waals surface area contributed by atoms with Crippen molar-refractivity contribution in [3.05, 3.63) is 35.4 Å². The van der Waals surface area contributed by atoms with Gasteiger partial charge < -0.3 is 41.7 Å². The number of nitrogens with one attached hydrogen (secondary N) is 2. The van der Waals surface area contributed by atoms with Gasteiger partial charge in [0.2, 0.25) is 11.8 Å². The van der Waals surface area contributed by atoms with Gasteiger partial charge in [0.15, 0.2) is 11.6 Å². The molecule has 1 aromatic rings. The van der Waals surface area contributed by atoms with E-state index in [4.69, 9.17) is 11.5 Å². The second kappa shape index (κ2) is 9.25. The fourth-order valence-electron chi connectivity index (χ4n) is 2.12. The van der Waals surface area contributed by atoms with E-state index in [1.807, 2.05) is 0 Å². The SMILES string of the molecule is C[C@H](N)C(=O)NC(c1ccc(C(NC(=O)[C@H](C)N)P(=O)(O)O)cc1)P(=O)(O)O. The van der Waals surface area contributed by atoms with Crippen LogP contribution >= 0.6 is 15.2 Å². The van der Waals surface area contributed by atoms with Crippen LogP contribution in [0.1, 0.15) is 36.5 Å². The molecule has 158 valence electrons. The van der Waals surface area contributed by atoms with Gasteiger partial charge in [0, 0.05) is 0 Å². The van der Waals surface area contributed by atoms with E-state index in [0.29, 0.717) is 0 Å². The lowest BCUT2D eigenvalue weighted by atomic mass is 10.1. The second-order valence-corrected chi connectivity index (χ2v) is 9.63. The van der Waals surface area contributed by atoms with E-state index < -0.39 is 50.7 Å². The lowest BCUT2D eigenvalue weighted by Gasteiger charge is -2.24. The lowest BCUT2D eigenvalue weighted by molar-refractivity contribution is -0.123. The van der Waals surface area contributed by atoms with E-state index in [2.05, 4.69) is 10.6 Å². The van der Waals surface area contributed by atoms with Crippen LogP contribution in [0, 0.1) is 0 Å². The third-order valence-corrected chi connectivity index (χ3v) is 5.83. The van der Waals surface area contributed by atoms with Gasteiger partial charge >= 0.3 is 15.2 Å². The van der Waals surface area contributed by atoms with Gasteiger partial charge in [-0.25, -0.2) is 0 Å². The highest BCUT2D eigenvalue weighted by molar-refractivity contribution is 7.52. The van der Waals surface area contributed by atoms with Crippen molar-refractivity contribution in [1.82, 2.24) is 10.6 Å². The van der Waals surface area contributed by atoms with Crippen molar-refractivity contribution in [2.45, 2.75) is 37.5 Å². The van der Waals surface area contributed by atoms with Crippen molar-refractivity contribution in [3.8, 4) is 0 Å². The number of carbonyl (C=O) groups is 2. The smallest absolute Gasteiger partial charge is 0.337 e. The van der Waals surface area contributed by atoms with Gasteiger partial charge in [0.25, 0.3) is 0 Å². The minimum Gasteiger partial charge on any atom is -0.337 e. The highest BCUT2D eigenvalue weighted by Crippen LogP contribution is 2.52. The molecule has 1 aromatic carbocycles. The van der Waals surface area contributed by atoms with E-state index in [-0.39, 0.29) is 11.1 Å². The Kier molecular flexibility index (Phi) is 8.07. The molecule has 0 aromatic heterocycles. The Morgan fingerprint density at radius 3 is 1.21 bits per heavy atom. The number of benzene rings is 1. The van der Waals surface area contributed by atoms with Crippen LogP contribution in [0.2, 0.25) is 0 Å². The average molecular weight is 438 g/mol. The summed E-state index contributed by atoms with van der Waals surface area (Å²) in [6.45, 7) is 2.67. The molecule has 0 radical (unpaired) electrons. The van der Waals surface area contributed by atoms with Gasteiger partial charge in [-0.2, -0.15) is 0 Å². The quantitative estimate of drug-likeness (QED) is 0.230. The molecular weight excluding hydrogens is 414 g/mol. The predicted octanol–water partition coefficient (Wildman–Crippen LogP) is -1.03. The molecular formula is C14H24N4O8P2. The van der Waals surface area contributed by atoms with Crippen LogP contribution in [0.5, 0.6) is 0 Å². The summed E-state index contributed by atoms with van der Waals surface area (Å²) < 4.78 is 23.5. The van der Waals surface area contributed by atoms with Crippen molar-refractivity contribution >= 4 is 27.0 Å². The van der Waals surface area contributed by atoms with Gasteiger partial charge in [-0.15, -0.1) is 0 Å². The predicted molar refractivity (Wildman–Crippen MR) is 99.6 cm³/mol. The molecule has 1 rings (SSSR count). The van der Waals surface area contributed by atoms with Gasteiger partial charge in [-0.1, -0.05) is 24.3 Å². The molecule has 0 bridgehead atoms. The zero-order valence-corrected chi connectivity index (χ0v) is 16.9. The standard InChI is InChI=1S/C14H24N4O8P2/c1-7(15)11(19)17-13(27(21,22)23)9-3-5-10(6-4-9)14(28(24,25)26)18-12(20)8(2)16/h3-8,13-14H,15-16H2,1-2H3,(H,17,19)(H,18,20)(H2,21,22,23)(H2,24,25,26)/t7-,8-,13?,14?/m0/s1. The molecule has 0 spiro atoms. The fourth-order valence-corrected chi connectivity index (χ4v) is 3.83. The van der Waals surface area contributed by atoms with Gasteiger partial charge in [-0.3, -0.25) is 18.7 Å². The van der Waals surface area contributed by atoms with Crippen molar-refractivity contribution in [2.24, 2.45) is 11.5 Å². The van der Waals surface area contributed by atoms with Crippen molar-refractivity contribution < 1.29 is 38.3 Å². The molecule has 28 heavy (non-hydrogen) atoms. The average Bonchev–Trinajstić information content (AvgIpc) is 2.55. The Balaban J connectivity index is 3.24. The van der Waals surface area contributed by atoms with Crippen molar-refractivity contribution in [2.75, 3.05) is 0 Å². The van der Waals surface area contributed by atoms with Gasteiger partial charge in [0.05, 0.1) is 12.1 Å². The first-order valence-electron chi connectivity index (χ1n) is 7.96. The molecule has 2 amide bonds. The largest absolute Gasteiger partial charge is 0.352 e. The molecule has 0 heterocycles. The zero-order chi connectivity index (χ0) is 21.9. The summed E-state index contributed by atoms with van der Waals surface area (Å²) >= 11 is 0. The summed E-state index contributed by atoms with van der Waals surface area (Å²) in [5.74, 6) is -5.00. The second-order valence-electron chi connectivity index (χ2n) is 6.24. The molecule has 0 aliphatic carbocycles. The summed E-state index contributed by atoms with van der Waals surface area (Å²) in [5, 5.41) is 4.26. The molecule has 4 atom stereocenters. The number of rotatable bonds is 8. The Morgan fingerprint density at radius 2 is 1.04 bits per heavy atom. The number of amides is 2. The maximum Gasteiger partial charge on any atom is 0.352 e. The Bertz CT molecular complexity index is 735. The first kappa shape index (κ1) is 24.4. The molecule has 10 N–H and O–H groups in total. The first-order chi connectivity index (χ1) is 12.6. The Morgan fingerprint density at radius 1 is 0.786 bits per heavy atom. The van der Waals surface area contributed by atoms with Crippen LogP contribution in [-0.4, -0.2) is 43.5 Å². The molecule has 0 aliphatic heterocycles. The molecule has 12 nitrogen and oxygen atoms in total. The maximum atomic E-state index is 11.7. The van der Waals surface area contributed by atoms with Crippen molar-refractivity contribution in [3.63, 3.8) is 0 Å². The van der Waals surface area contributed by atoms with Crippen molar-refractivity contribution in [1.29, 1.82) is 0 Å². The summed E-state index contributed by atoms with van der Waals surface area (Å²) in [7, 11) is -9.65. The first-order valence-corrected chi connectivity index (χ1v) is 11.3. The minimum absolute atomic E-state index is 0.0194. The lowest BCUT2D eigenvalue weighted by Crippen LogP contribution is -2.40. The van der Waals surface area contributed by atoms with E-state index >= 15 is 0 Å². The highest BCUT2D eigenvalue weighted by Gasteiger charge is 2.35. The summed E-state index contributed by atoms with van der Waals surface area (Å²) in [4.78, 5) is 61.5. The third-order valence-electron chi connectivity index (χ3n) is 3.63. The Labute approximate surface area is 161 Å². The van der Waals surface area contributed by atoms with E-state index in [9.17, 15) is 38.3 Å². The van der Waals surface area contributed by atoms with Crippen LogP contribution in [0.15, 0.2) is 24.3 Å².